The highest BCUT2D eigenvalue weighted by atomic mass is 16.5. The number of hydrogen-bond donors (Lipinski definition) is 1. The molecule has 17 heavy (non-hydrogen) atoms. The van der Waals surface area contributed by atoms with E-state index in [-0.39, 0.29) is 12.5 Å². The Balaban J connectivity index is 2.32. The van der Waals surface area contributed by atoms with Crippen LogP contribution in [-0.2, 0) is 9.53 Å². The van der Waals surface area contributed by atoms with Gasteiger partial charge in [-0.15, -0.1) is 0 Å². The average Bonchev–Trinajstić information content (AvgIpc) is 2.38. The number of carbonyl (C=O) groups is 1. The quantitative estimate of drug-likeness (QED) is 0.708. The molecule has 5 heteroatoms. The lowest BCUT2D eigenvalue weighted by Crippen LogP contribution is -2.54. The molecular weight excluding hydrogens is 218 g/mol. The van der Waals surface area contributed by atoms with Gasteiger partial charge in [0.25, 0.3) is 0 Å². The Hall–Kier alpha value is -0.650. The van der Waals surface area contributed by atoms with E-state index in [4.69, 9.17) is 10.5 Å². The maximum absolute atomic E-state index is 11.7. The molecule has 1 rings (SSSR count). The molecule has 0 radical (unpaired) electrons. The Morgan fingerprint density at radius 2 is 1.94 bits per heavy atom. The monoisotopic (exact) mass is 243 g/mol. The van der Waals surface area contributed by atoms with Crippen LogP contribution in [0.5, 0.6) is 0 Å². The second-order valence-electron chi connectivity index (χ2n) is 4.35. The first-order chi connectivity index (χ1) is 8.22. The third kappa shape index (κ3) is 4.26. The fourth-order valence-corrected chi connectivity index (χ4v) is 2.19. The van der Waals surface area contributed by atoms with E-state index >= 15 is 0 Å². The van der Waals surface area contributed by atoms with E-state index in [0.29, 0.717) is 19.2 Å². The van der Waals surface area contributed by atoms with E-state index in [9.17, 15) is 4.79 Å². The molecule has 0 aromatic heterocycles. The first kappa shape index (κ1) is 14.4. The van der Waals surface area contributed by atoms with Crippen LogP contribution in [0.1, 0.15) is 20.3 Å². The van der Waals surface area contributed by atoms with E-state index < -0.39 is 0 Å². The molecule has 1 amide bonds. The first-order valence-corrected chi connectivity index (χ1v) is 6.52. The van der Waals surface area contributed by atoms with Crippen molar-refractivity contribution in [3.8, 4) is 0 Å². The Kier molecular flexibility index (Phi) is 6.47. The van der Waals surface area contributed by atoms with Gasteiger partial charge in [0.1, 0.15) is 6.61 Å². The van der Waals surface area contributed by atoms with Crippen LogP contribution in [0.2, 0.25) is 0 Å². The Labute approximate surface area is 104 Å². The molecule has 0 bridgehead atoms. The molecule has 0 saturated carbocycles. The number of amides is 1. The van der Waals surface area contributed by atoms with E-state index in [0.717, 1.165) is 32.6 Å². The van der Waals surface area contributed by atoms with Crippen LogP contribution in [0.4, 0.5) is 0 Å². The lowest BCUT2D eigenvalue weighted by molar-refractivity contribution is -0.138. The highest BCUT2D eigenvalue weighted by molar-refractivity contribution is 5.77. The smallest absolute Gasteiger partial charge is 0.248 e. The van der Waals surface area contributed by atoms with Crippen molar-refractivity contribution in [2.75, 3.05) is 45.9 Å². The van der Waals surface area contributed by atoms with Crippen molar-refractivity contribution in [3.63, 3.8) is 0 Å². The van der Waals surface area contributed by atoms with Crippen molar-refractivity contribution in [1.29, 1.82) is 0 Å². The maximum atomic E-state index is 11.7. The number of ether oxygens (including phenoxy) is 1. The summed E-state index contributed by atoms with van der Waals surface area (Å²) in [6.07, 6.45) is 1.07. The molecular formula is C12H25N3O2. The average molecular weight is 243 g/mol. The molecule has 0 aromatic carbocycles. The van der Waals surface area contributed by atoms with Gasteiger partial charge in [0.2, 0.25) is 5.91 Å². The van der Waals surface area contributed by atoms with E-state index in [2.05, 4.69) is 11.8 Å². The number of nitrogens with two attached hydrogens (primary N) is 1. The molecule has 1 aliphatic heterocycles. The highest BCUT2D eigenvalue weighted by Gasteiger charge is 2.24. The molecule has 1 aliphatic rings. The lowest BCUT2D eigenvalue weighted by Gasteiger charge is -2.38. The summed E-state index contributed by atoms with van der Waals surface area (Å²) in [7, 11) is 0. The molecule has 1 atom stereocenters. The Morgan fingerprint density at radius 1 is 1.29 bits per heavy atom. The summed E-state index contributed by atoms with van der Waals surface area (Å²) < 4.78 is 5.14. The fourth-order valence-electron chi connectivity index (χ4n) is 2.19. The summed E-state index contributed by atoms with van der Waals surface area (Å²) in [5.74, 6) is 0.104. The second-order valence-corrected chi connectivity index (χ2v) is 4.35. The number of rotatable bonds is 6. The summed E-state index contributed by atoms with van der Waals surface area (Å²) in [6, 6.07) is 0.458. The maximum Gasteiger partial charge on any atom is 0.248 e. The van der Waals surface area contributed by atoms with Crippen LogP contribution >= 0.6 is 0 Å². The summed E-state index contributed by atoms with van der Waals surface area (Å²) in [5, 5.41) is 0. The van der Waals surface area contributed by atoms with Crippen LogP contribution in [0.3, 0.4) is 0 Å². The van der Waals surface area contributed by atoms with E-state index in [1.807, 2.05) is 11.8 Å². The minimum atomic E-state index is 0.104. The summed E-state index contributed by atoms with van der Waals surface area (Å²) in [5.41, 5.74) is 5.73. The zero-order chi connectivity index (χ0) is 12.7. The predicted molar refractivity (Wildman–Crippen MR) is 67.8 cm³/mol. The molecule has 0 aromatic rings. The summed E-state index contributed by atoms with van der Waals surface area (Å²) in [4.78, 5) is 16.0. The molecule has 100 valence electrons. The van der Waals surface area contributed by atoms with Gasteiger partial charge in [-0.3, -0.25) is 9.69 Å². The molecule has 0 aliphatic carbocycles. The van der Waals surface area contributed by atoms with Gasteiger partial charge in [-0.25, -0.2) is 0 Å². The fraction of sp³-hybridized carbons (Fsp3) is 0.917. The van der Waals surface area contributed by atoms with Gasteiger partial charge in [0, 0.05) is 45.4 Å². The highest BCUT2D eigenvalue weighted by Crippen LogP contribution is 2.08. The number of carbonyl (C=O) groups excluding carboxylic acids is 1. The number of hydrogen-bond acceptors (Lipinski definition) is 4. The van der Waals surface area contributed by atoms with Gasteiger partial charge >= 0.3 is 0 Å². The molecule has 1 fully saturated rings. The van der Waals surface area contributed by atoms with Crippen LogP contribution in [0, 0.1) is 0 Å². The molecule has 0 spiro atoms. The third-order valence-electron chi connectivity index (χ3n) is 3.36. The topological polar surface area (TPSA) is 58.8 Å². The second kappa shape index (κ2) is 7.63. The van der Waals surface area contributed by atoms with E-state index in [1.54, 1.807) is 0 Å². The molecule has 1 saturated heterocycles. The van der Waals surface area contributed by atoms with Crippen molar-refractivity contribution < 1.29 is 9.53 Å². The van der Waals surface area contributed by atoms with Crippen molar-refractivity contribution >= 4 is 5.91 Å². The van der Waals surface area contributed by atoms with Crippen molar-refractivity contribution in [3.05, 3.63) is 0 Å². The molecule has 5 nitrogen and oxygen atoms in total. The number of nitrogens with zero attached hydrogens (tertiary/aromatic N) is 2. The van der Waals surface area contributed by atoms with Crippen LogP contribution in [0.25, 0.3) is 0 Å². The van der Waals surface area contributed by atoms with E-state index in [1.165, 1.54) is 0 Å². The number of piperazine rings is 1. The molecule has 1 heterocycles. The van der Waals surface area contributed by atoms with Gasteiger partial charge in [-0.05, 0) is 13.3 Å². The predicted octanol–water partition coefficient (Wildman–Crippen LogP) is -0.0956. The largest absolute Gasteiger partial charge is 0.372 e. The minimum Gasteiger partial charge on any atom is -0.372 e. The first-order valence-electron chi connectivity index (χ1n) is 6.52. The zero-order valence-corrected chi connectivity index (χ0v) is 11.0. The van der Waals surface area contributed by atoms with Crippen LogP contribution < -0.4 is 5.73 Å². The Morgan fingerprint density at radius 3 is 2.41 bits per heavy atom. The van der Waals surface area contributed by atoms with Gasteiger partial charge < -0.3 is 15.4 Å². The summed E-state index contributed by atoms with van der Waals surface area (Å²) >= 11 is 0. The molecule has 2 N–H and O–H groups in total. The minimum absolute atomic E-state index is 0.104. The van der Waals surface area contributed by atoms with Gasteiger partial charge in [-0.2, -0.15) is 0 Å². The van der Waals surface area contributed by atoms with Gasteiger partial charge in [0.05, 0.1) is 0 Å². The normalized spacial score (nSPS) is 19.4. The Bertz CT molecular complexity index is 224. The third-order valence-corrected chi connectivity index (χ3v) is 3.36. The standard InChI is InChI=1S/C12H25N3O2/c1-3-11(9-13)14-5-7-15(8-6-14)12(16)10-17-4-2/h11H,3-10,13H2,1-2H3. The van der Waals surface area contributed by atoms with Crippen molar-refractivity contribution in [1.82, 2.24) is 9.80 Å². The molecule has 1 unspecified atom stereocenters. The van der Waals surface area contributed by atoms with Gasteiger partial charge in [-0.1, -0.05) is 6.92 Å². The van der Waals surface area contributed by atoms with Crippen LogP contribution in [-0.4, -0.2) is 67.7 Å². The van der Waals surface area contributed by atoms with Crippen molar-refractivity contribution in [2.24, 2.45) is 5.73 Å². The lowest BCUT2D eigenvalue weighted by atomic mass is 10.1. The SMILES string of the molecule is CCOCC(=O)N1CCN(C(CC)CN)CC1. The van der Waals surface area contributed by atoms with Crippen molar-refractivity contribution in [2.45, 2.75) is 26.3 Å². The van der Waals surface area contributed by atoms with Crippen LogP contribution in [0.15, 0.2) is 0 Å². The van der Waals surface area contributed by atoms with Gasteiger partial charge in [0.15, 0.2) is 0 Å². The summed E-state index contributed by atoms with van der Waals surface area (Å²) in [6.45, 7) is 9.00. The zero-order valence-electron chi connectivity index (χ0n) is 11.0.